The van der Waals surface area contributed by atoms with Crippen molar-refractivity contribution < 1.29 is 108 Å². The molecule has 0 saturated heterocycles. The van der Waals surface area contributed by atoms with Crippen molar-refractivity contribution in [2.24, 2.45) is 0 Å². The number of benzene rings is 1. The average molecular weight is 1390 g/mol. The Morgan fingerprint density at radius 1 is 0.418 bits per heavy atom. The smallest absolute Gasteiger partial charge is 0.326 e. The number of rotatable bonds is 56. The molecule has 2 atom stereocenters. The van der Waals surface area contributed by atoms with Crippen LogP contribution in [0.4, 0.5) is 21.9 Å². The molecule has 2 unspecified atom stereocenters. The van der Waals surface area contributed by atoms with E-state index in [9.17, 15) is 113 Å². The lowest BCUT2D eigenvalue weighted by Gasteiger charge is -2.25. The first kappa shape index (κ1) is 84.6. The van der Waals surface area contributed by atoms with Gasteiger partial charge in [0.15, 0.2) is 0 Å². The van der Waals surface area contributed by atoms with E-state index in [0.717, 1.165) is 0 Å². The van der Waals surface area contributed by atoms with Crippen molar-refractivity contribution in [3.05, 3.63) is 50.3 Å². The highest BCUT2D eigenvalue weighted by molar-refractivity contribution is 5.96. The summed E-state index contributed by atoms with van der Waals surface area (Å²) in [5, 5.41) is 95.8. The van der Waals surface area contributed by atoms with E-state index in [4.69, 9.17) is 5.11 Å². The number of carbonyl (C=O) groups excluding carboxylic acids is 9. The number of unbranched alkanes of at least 4 members (excludes halogenated alkanes) is 8. The molecule has 0 aliphatic heterocycles. The third kappa shape index (κ3) is 37.1. The van der Waals surface area contributed by atoms with Gasteiger partial charge >= 0.3 is 35.9 Å². The third-order valence-corrected chi connectivity index (χ3v) is 15.0. The number of carboxylic acids is 5. The van der Waals surface area contributed by atoms with Crippen LogP contribution >= 0.6 is 0 Å². The summed E-state index contributed by atoms with van der Waals surface area (Å²) in [5.41, 5.74) is -1.02. The number of amides is 8. The normalized spacial score (nSPS) is 11.6. The maximum Gasteiger partial charge on any atom is 0.326 e. The van der Waals surface area contributed by atoms with Crippen LogP contribution in [0.5, 0.6) is 0 Å². The maximum absolute atomic E-state index is 13.0. The van der Waals surface area contributed by atoms with Crippen molar-refractivity contribution in [1.82, 2.24) is 46.3 Å². The van der Waals surface area contributed by atoms with Crippen molar-refractivity contribution in [3.63, 3.8) is 0 Å². The van der Waals surface area contributed by atoms with Crippen LogP contribution in [0.2, 0.25) is 0 Å². The molecule has 15 N–H and O–H groups in total. The fourth-order valence-electron chi connectivity index (χ4n) is 9.53. The molecule has 546 valence electrons. The molecule has 98 heavy (non-hydrogen) atoms. The number of hydrogen-bond donors (Lipinski definition) is 15. The fraction of sp³-hybridized carbons (Fsp3) is 0.613. The highest BCUT2D eigenvalue weighted by atomic mass is 16.5. The Morgan fingerprint density at radius 3 is 1.43 bits per heavy atom. The Kier molecular flexibility index (Phi) is 40.9. The van der Waals surface area contributed by atoms with Gasteiger partial charge in [0.25, 0.3) is 16.8 Å². The van der Waals surface area contributed by atoms with Gasteiger partial charge in [-0.3, -0.25) is 87.8 Å². The molecule has 0 saturated carbocycles. The van der Waals surface area contributed by atoms with E-state index in [0.29, 0.717) is 85.9 Å². The Labute approximate surface area is 564 Å². The number of anilines is 3. The van der Waals surface area contributed by atoms with Crippen molar-refractivity contribution in [3.8, 4) is 0 Å². The number of ketones is 2. The average Bonchev–Trinajstić information content (AvgIpc) is 0.787. The molecule has 8 amide bonds. The number of aliphatic carboxylic acids is 5. The predicted octanol–water partition coefficient (Wildman–Crippen LogP) is 1.05. The van der Waals surface area contributed by atoms with Gasteiger partial charge in [-0.25, -0.2) is 29.6 Å². The molecule has 0 aliphatic rings. The Hall–Kier alpha value is -9.52. The number of Topliss-reactive ketones (excluding diaryl/α,β-unsaturated/α-hetero) is 2. The van der Waals surface area contributed by atoms with Crippen LogP contribution in [0.15, 0.2) is 33.9 Å². The molecule has 0 aromatic heterocycles. The lowest BCUT2D eigenvalue weighted by Crippen LogP contribution is -2.51. The van der Waals surface area contributed by atoms with Gasteiger partial charge in [0.2, 0.25) is 29.5 Å². The van der Waals surface area contributed by atoms with Crippen molar-refractivity contribution >= 4 is 99.9 Å². The lowest BCUT2D eigenvalue weighted by molar-refractivity contribution is -0.166. The highest BCUT2D eigenvalue weighted by Gasteiger charge is 2.26. The first-order valence-electron chi connectivity index (χ1n) is 32.3. The zero-order valence-corrected chi connectivity index (χ0v) is 55.1. The minimum absolute atomic E-state index is 0.0111. The minimum Gasteiger partial charge on any atom is -0.481 e. The molecule has 0 fully saturated rings. The van der Waals surface area contributed by atoms with Crippen LogP contribution in [0.25, 0.3) is 0 Å². The van der Waals surface area contributed by atoms with Gasteiger partial charge in [0.05, 0.1) is 26.2 Å². The molecular formula is C62H94N12O24. The second-order valence-corrected chi connectivity index (χ2v) is 23.2. The molecule has 0 bridgehead atoms. The van der Waals surface area contributed by atoms with Crippen LogP contribution in [0.1, 0.15) is 159 Å². The zero-order valence-electron chi connectivity index (χ0n) is 55.1. The van der Waals surface area contributed by atoms with Gasteiger partial charge in [-0.15, -0.1) is 0 Å². The van der Waals surface area contributed by atoms with E-state index >= 15 is 0 Å². The van der Waals surface area contributed by atoms with Gasteiger partial charge in [0.1, 0.15) is 35.0 Å². The van der Waals surface area contributed by atoms with Crippen LogP contribution in [0, 0.1) is 0 Å². The van der Waals surface area contributed by atoms with E-state index in [1.54, 1.807) is 0 Å². The number of hydroxylamine groups is 6. The van der Waals surface area contributed by atoms with E-state index in [1.165, 1.54) is 41.0 Å². The summed E-state index contributed by atoms with van der Waals surface area (Å²) in [7, 11) is 0. The molecule has 36 nitrogen and oxygen atoms in total. The van der Waals surface area contributed by atoms with E-state index < -0.39 is 127 Å². The van der Waals surface area contributed by atoms with Gasteiger partial charge in [-0.05, 0) is 108 Å². The number of nitrogens with one attached hydrogen (secondary N) is 7. The molecule has 0 spiro atoms. The van der Waals surface area contributed by atoms with E-state index in [-0.39, 0.29) is 157 Å². The van der Waals surface area contributed by atoms with Crippen molar-refractivity contribution in [1.29, 1.82) is 0 Å². The summed E-state index contributed by atoms with van der Waals surface area (Å²) in [5.74, 6) is -10.6. The quantitative estimate of drug-likeness (QED) is 0.0190. The summed E-state index contributed by atoms with van der Waals surface area (Å²) in [6.07, 6.45) is 4.62. The summed E-state index contributed by atoms with van der Waals surface area (Å²) >= 11 is 0. The molecule has 2 rings (SSSR count). The van der Waals surface area contributed by atoms with Crippen LogP contribution in [-0.2, 0) is 57.5 Å². The lowest BCUT2D eigenvalue weighted by atomic mass is 10.1. The SMILES string of the molecule is CC(=O)N(O)CCCCCNC(=O)CCC(=O)N(O)CCCCCCC(=O)CCC(=O)N(O)CCCCCNc1c(NCCCC(=O)CN(CCN(CC(=O)O)CC(=O)Nc2ccc(C(=O)NCCCCC(NC(=O)NC(CCC(=O)O)C(=O)O)C(=O)O)cc2)CC(=O)O)c(=O)c1=O. The predicted molar refractivity (Wildman–Crippen MR) is 347 cm³/mol. The number of carboxylic acid groups (broad SMARTS) is 5. The minimum atomic E-state index is -1.57. The Balaban J connectivity index is 1.66. The topological polar surface area (TPSA) is 535 Å². The second-order valence-electron chi connectivity index (χ2n) is 23.2. The number of urea groups is 1. The third-order valence-electron chi connectivity index (χ3n) is 15.0. The molecule has 0 radical (unpaired) electrons. The maximum atomic E-state index is 13.0. The zero-order chi connectivity index (χ0) is 73.1. The van der Waals surface area contributed by atoms with Gasteiger partial charge < -0.3 is 62.8 Å². The van der Waals surface area contributed by atoms with Gasteiger partial charge in [0, 0.05) is 122 Å². The first-order valence-corrected chi connectivity index (χ1v) is 32.3. The summed E-state index contributed by atoms with van der Waals surface area (Å²) in [6.45, 7) is -0.0523. The van der Waals surface area contributed by atoms with E-state index in [1.807, 2.05) is 5.32 Å². The first-order chi connectivity index (χ1) is 46.5. The largest absolute Gasteiger partial charge is 0.481 e. The summed E-state index contributed by atoms with van der Waals surface area (Å²) in [4.78, 5) is 196. The van der Waals surface area contributed by atoms with Crippen molar-refractivity contribution in [2.75, 3.05) is 101 Å². The molecule has 0 heterocycles. The molecule has 2 aromatic rings. The monoisotopic (exact) mass is 1390 g/mol. The van der Waals surface area contributed by atoms with E-state index in [2.05, 4.69) is 31.9 Å². The standard InChI is InChI=1S/C62H94N12O24/c1-41(75)72(96)32-12-4-8-28-63-48(78)24-26-51(81)74(98)33-11-3-2-6-15-44(76)22-25-50(80)73(97)34-13-5-9-29-64-55-56(58(89)57(55)88)65-31-14-16-45(77)37-70(39-53(84)85)35-36-71(40-54(86)87)38-49(79)67-43-20-18-42(19-21-43)59(90)66-30-10-7-17-46(60(91)92)68-62(95)69-47(61(93)94)23-27-52(82)83/h18-21,46-47,64-65,96-98H,2-17,22-40H2,1H3,(H,63,78)(H,66,90)(H,67,79)(H,82,83)(H,84,85)(H,86,87)(H,91,92)(H,93,94)(H2,68,69,95). The van der Waals surface area contributed by atoms with Gasteiger partial charge in [-0.1, -0.05) is 12.8 Å². The molecule has 2 aromatic carbocycles. The van der Waals surface area contributed by atoms with Crippen LogP contribution in [-0.4, -0.2) is 246 Å². The summed E-state index contributed by atoms with van der Waals surface area (Å²) in [6, 6.07) is 1.47. The Morgan fingerprint density at radius 2 is 0.888 bits per heavy atom. The summed E-state index contributed by atoms with van der Waals surface area (Å²) < 4.78 is 0. The van der Waals surface area contributed by atoms with Crippen molar-refractivity contribution in [2.45, 2.75) is 160 Å². The molecule has 36 heteroatoms. The molecule has 0 aliphatic carbocycles. The highest BCUT2D eigenvalue weighted by Crippen LogP contribution is 2.16. The second kappa shape index (κ2) is 47.4. The number of nitrogens with zero attached hydrogens (tertiary/aromatic N) is 5. The number of hydrogen-bond acceptors (Lipinski definition) is 23. The van der Waals surface area contributed by atoms with Crippen LogP contribution < -0.4 is 48.1 Å². The van der Waals surface area contributed by atoms with Crippen LogP contribution in [0.3, 0.4) is 0 Å². The molecular weight excluding hydrogens is 1300 g/mol. The van der Waals surface area contributed by atoms with Gasteiger partial charge in [-0.2, -0.15) is 0 Å². The number of carbonyl (C=O) groups is 14. The fourth-order valence-corrected chi connectivity index (χ4v) is 9.53. The Bertz CT molecular complexity index is 3050.